The van der Waals surface area contributed by atoms with Crippen molar-refractivity contribution in [2.75, 3.05) is 0 Å². The van der Waals surface area contributed by atoms with Gasteiger partial charge in [-0.3, -0.25) is 4.79 Å². The smallest absolute Gasteiger partial charge is 0.225 e. The fourth-order valence-electron chi connectivity index (χ4n) is 2.64. The average Bonchev–Trinajstić information content (AvgIpc) is 2.57. The van der Waals surface area contributed by atoms with Crippen LogP contribution in [0.1, 0.15) is 38.8 Å². The summed E-state index contributed by atoms with van der Waals surface area (Å²) in [7, 11) is 0. The van der Waals surface area contributed by atoms with Crippen molar-refractivity contribution in [3.8, 4) is 0 Å². The van der Waals surface area contributed by atoms with Crippen molar-refractivity contribution in [1.29, 1.82) is 0 Å². The van der Waals surface area contributed by atoms with Crippen molar-refractivity contribution in [2.45, 2.75) is 44.8 Å². The Morgan fingerprint density at radius 2 is 1.89 bits per heavy atom. The number of nitrogens with zero attached hydrogens (tertiary/aromatic N) is 1. The Balaban J connectivity index is 2.45. The molecule has 3 nitrogen and oxygen atoms in total. The first-order valence-electron chi connectivity index (χ1n) is 6.24. The molecular weight excluding hydrogens is 250 g/mol. The van der Waals surface area contributed by atoms with Crippen molar-refractivity contribution in [1.82, 2.24) is 4.90 Å². The standard InChI is InChI=1S/C14H18F2N2O/c1-14(2,3)18-12(19)7-11(17)13(18)8-4-5-9(15)10(16)6-8/h4-6,11,13H,7,17H2,1-3H3. The maximum Gasteiger partial charge on any atom is 0.225 e. The summed E-state index contributed by atoms with van der Waals surface area (Å²) < 4.78 is 26.4. The molecule has 0 spiro atoms. The molecule has 0 bridgehead atoms. The lowest BCUT2D eigenvalue weighted by atomic mass is 9.97. The maximum absolute atomic E-state index is 13.4. The summed E-state index contributed by atoms with van der Waals surface area (Å²) in [5, 5.41) is 0. The Morgan fingerprint density at radius 3 is 2.42 bits per heavy atom. The van der Waals surface area contributed by atoms with E-state index < -0.39 is 29.3 Å². The van der Waals surface area contributed by atoms with Crippen LogP contribution in [0.3, 0.4) is 0 Å². The highest BCUT2D eigenvalue weighted by Crippen LogP contribution is 2.37. The molecule has 2 unspecified atom stereocenters. The molecule has 0 aliphatic carbocycles. The van der Waals surface area contributed by atoms with Gasteiger partial charge in [0.1, 0.15) is 0 Å². The summed E-state index contributed by atoms with van der Waals surface area (Å²) in [5.74, 6) is -1.88. The number of nitrogens with two attached hydrogens (primary N) is 1. The summed E-state index contributed by atoms with van der Waals surface area (Å²) in [5.41, 5.74) is 6.12. The van der Waals surface area contributed by atoms with Gasteiger partial charge in [0.05, 0.1) is 6.04 Å². The fourth-order valence-corrected chi connectivity index (χ4v) is 2.64. The number of benzene rings is 1. The number of likely N-dealkylation sites (tertiary alicyclic amines) is 1. The van der Waals surface area contributed by atoms with Crippen LogP contribution in [-0.4, -0.2) is 22.4 Å². The molecule has 0 saturated carbocycles. The minimum absolute atomic E-state index is 0.0604. The Hall–Kier alpha value is -1.49. The Bertz CT molecular complexity index is 511. The van der Waals surface area contributed by atoms with Crippen molar-refractivity contribution in [3.05, 3.63) is 35.4 Å². The van der Waals surface area contributed by atoms with E-state index in [4.69, 9.17) is 5.73 Å². The lowest BCUT2D eigenvalue weighted by Crippen LogP contribution is -2.45. The van der Waals surface area contributed by atoms with Crippen molar-refractivity contribution >= 4 is 5.91 Å². The van der Waals surface area contributed by atoms with Crippen LogP contribution in [-0.2, 0) is 4.79 Å². The van der Waals surface area contributed by atoms with Gasteiger partial charge in [-0.15, -0.1) is 0 Å². The third kappa shape index (κ3) is 2.47. The second-order valence-electron chi connectivity index (χ2n) is 5.92. The molecule has 104 valence electrons. The monoisotopic (exact) mass is 268 g/mol. The molecule has 1 heterocycles. The molecule has 2 N–H and O–H groups in total. The largest absolute Gasteiger partial charge is 0.329 e. The first kappa shape index (κ1) is 13.9. The molecule has 1 aliphatic rings. The summed E-state index contributed by atoms with van der Waals surface area (Å²) >= 11 is 0. The second kappa shape index (κ2) is 4.56. The zero-order chi connectivity index (χ0) is 14.4. The lowest BCUT2D eigenvalue weighted by molar-refractivity contribution is -0.133. The zero-order valence-corrected chi connectivity index (χ0v) is 11.3. The minimum Gasteiger partial charge on any atom is -0.329 e. The normalized spacial score (nSPS) is 24.1. The second-order valence-corrected chi connectivity index (χ2v) is 5.92. The number of halogens is 2. The number of carbonyl (C=O) groups is 1. The van der Waals surface area contributed by atoms with E-state index >= 15 is 0 Å². The number of hydrogen-bond donors (Lipinski definition) is 1. The first-order valence-corrected chi connectivity index (χ1v) is 6.24. The van der Waals surface area contributed by atoms with Gasteiger partial charge < -0.3 is 10.6 Å². The summed E-state index contributed by atoms with van der Waals surface area (Å²) in [6.45, 7) is 5.70. The van der Waals surface area contributed by atoms with Gasteiger partial charge in [-0.1, -0.05) is 6.07 Å². The van der Waals surface area contributed by atoms with Crippen LogP contribution in [0.25, 0.3) is 0 Å². The van der Waals surface area contributed by atoms with Crippen LogP contribution in [0, 0.1) is 11.6 Å². The van der Waals surface area contributed by atoms with Gasteiger partial charge in [0.25, 0.3) is 0 Å². The van der Waals surface area contributed by atoms with Gasteiger partial charge in [0, 0.05) is 18.0 Å². The average molecular weight is 268 g/mol. The van der Waals surface area contributed by atoms with Crippen molar-refractivity contribution in [2.24, 2.45) is 5.73 Å². The maximum atomic E-state index is 13.4. The molecule has 1 aliphatic heterocycles. The van der Waals surface area contributed by atoms with E-state index in [1.165, 1.54) is 6.07 Å². The highest BCUT2D eigenvalue weighted by atomic mass is 19.2. The lowest BCUT2D eigenvalue weighted by Gasteiger charge is -2.38. The molecule has 19 heavy (non-hydrogen) atoms. The van der Waals surface area contributed by atoms with E-state index in [0.29, 0.717) is 5.56 Å². The van der Waals surface area contributed by atoms with Crippen molar-refractivity contribution in [3.63, 3.8) is 0 Å². The van der Waals surface area contributed by atoms with E-state index in [0.717, 1.165) is 12.1 Å². The third-order valence-corrected chi connectivity index (χ3v) is 3.37. The van der Waals surface area contributed by atoms with E-state index in [9.17, 15) is 13.6 Å². The number of hydrogen-bond acceptors (Lipinski definition) is 2. The number of rotatable bonds is 1. The van der Waals surface area contributed by atoms with Gasteiger partial charge in [-0.25, -0.2) is 8.78 Å². The van der Waals surface area contributed by atoms with Gasteiger partial charge in [-0.2, -0.15) is 0 Å². The van der Waals surface area contributed by atoms with Crippen molar-refractivity contribution < 1.29 is 13.6 Å². The van der Waals surface area contributed by atoms with Gasteiger partial charge in [0.15, 0.2) is 11.6 Å². The molecule has 2 atom stereocenters. The third-order valence-electron chi connectivity index (χ3n) is 3.37. The molecule has 2 rings (SSSR count). The number of carbonyl (C=O) groups excluding carboxylic acids is 1. The summed E-state index contributed by atoms with van der Waals surface area (Å²) in [6.07, 6.45) is 0.223. The zero-order valence-electron chi connectivity index (χ0n) is 11.3. The highest BCUT2D eigenvalue weighted by molar-refractivity contribution is 5.81. The highest BCUT2D eigenvalue weighted by Gasteiger charge is 2.44. The minimum atomic E-state index is -0.919. The van der Waals surface area contributed by atoms with Crippen LogP contribution >= 0.6 is 0 Å². The van der Waals surface area contributed by atoms with E-state index in [1.807, 2.05) is 20.8 Å². The summed E-state index contributed by atoms with van der Waals surface area (Å²) in [4.78, 5) is 13.7. The predicted octanol–water partition coefficient (Wildman–Crippen LogP) is 2.36. The van der Waals surface area contributed by atoms with Gasteiger partial charge in [-0.05, 0) is 38.5 Å². The molecule has 1 aromatic rings. The van der Waals surface area contributed by atoms with Gasteiger partial charge in [0.2, 0.25) is 5.91 Å². The van der Waals surface area contributed by atoms with Crippen LogP contribution in [0.4, 0.5) is 8.78 Å². The molecule has 5 heteroatoms. The quantitative estimate of drug-likeness (QED) is 0.850. The van der Waals surface area contributed by atoms with E-state index in [2.05, 4.69) is 0 Å². The SMILES string of the molecule is CC(C)(C)N1C(=O)CC(N)C1c1ccc(F)c(F)c1. The molecule has 1 fully saturated rings. The van der Waals surface area contributed by atoms with Crippen LogP contribution in [0.2, 0.25) is 0 Å². The predicted molar refractivity (Wildman–Crippen MR) is 68.3 cm³/mol. The van der Waals surface area contributed by atoms with E-state index in [-0.39, 0.29) is 12.3 Å². The molecular formula is C14H18F2N2O. The fraction of sp³-hybridized carbons (Fsp3) is 0.500. The number of amides is 1. The molecule has 1 saturated heterocycles. The Morgan fingerprint density at radius 1 is 1.26 bits per heavy atom. The Labute approximate surface area is 111 Å². The molecule has 0 aromatic heterocycles. The topological polar surface area (TPSA) is 46.3 Å². The summed E-state index contributed by atoms with van der Waals surface area (Å²) in [6, 6.07) is 2.86. The molecule has 1 aromatic carbocycles. The first-order chi connectivity index (χ1) is 8.71. The van der Waals surface area contributed by atoms with Gasteiger partial charge >= 0.3 is 0 Å². The Kier molecular flexibility index (Phi) is 3.34. The van der Waals surface area contributed by atoms with E-state index in [1.54, 1.807) is 4.90 Å². The molecule has 1 amide bonds. The van der Waals surface area contributed by atoms with Crippen LogP contribution < -0.4 is 5.73 Å². The van der Waals surface area contributed by atoms with Crippen LogP contribution in [0.5, 0.6) is 0 Å². The molecule has 0 radical (unpaired) electrons. The van der Waals surface area contributed by atoms with Crippen LogP contribution in [0.15, 0.2) is 18.2 Å².